The van der Waals surface area contributed by atoms with Crippen LogP contribution in [0.3, 0.4) is 0 Å². The third-order valence-corrected chi connectivity index (χ3v) is 5.58. The molecule has 0 saturated carbocycles. The fourth-order valence-corrected chi connectivity index (χ4v) is 4.10. The maximum absolute atomic E-state index is 13.2. The van der Waals surface area contributed by atoms with Gasteiger partial charge in [-0.3, -0.25) is 9.59 Å². The Kier molecular flexibility index (Phi) is 6.58. The molecular formula is C26H25NO7. The van der Waals surface area contributed by atoms with E-state index in [2.05, 4.69) is 0 Å². The number of hydrogen-bond donors (Lipinski definition) is 1. The van der Waals surface area contributed by atoms with E-state index < -0.39 is 23.5 Å². The van der Waals surface area contributed by atoms with Crippen LogP contribution in [-0.2, 0) is 16.1 Å². The van der Waals surface area contributed by atoms with Crippen LogP contribution in [0, 0.1) is 0 Å². The number of nitrogens with zero attached hydrogens (tertiary/aromatic N) is 1. The van der Waals surface area contributed by atoms with Crippen molar-refractivity contribution in [2.45, 2.75) is 19.5 Å². The van der Waals surface area contributed by atoms with Crippen molar-refractivity contribution < 1.29 is 33.3 Å². The molecule has 0 bridgehead atoms. The Labute approximate surface area is 197 Å². The predicted molar refractivity (Wildman–Crippen MR) is 124 cm³/mol. The van der Waals surface area contributed by atoms with Gasteiger partial charge in [-0.15, -0.1) is 0 Å². The van der Waals surface area contributed by atoms with Gasteiger partial charge in [0, 0.05) is 6.54 Å². The van der Waals surface area contributed by atoms with Crippen molar-refractivity contribution in [2.75, 3.05) is 20.8 Å². The van der Waals surface area contributed by atoms with Crippen molar-refractivity contribution >= 4 is 17.4 Å². The molecule has 1 saturated heterocycles. The zero-order valence-electron chi connectivity index (χ0n) is 19.1. The monoisotopic (exact) mass is 463 g/mol. The van der Waals surface area contributed by atoms with Crippen molar-refractivity contribution in [2.24, 2.45) is 0 Å². The Bertz CT molecular complexity index is 1210. The third-order valence-electron chi connectivity index (χ3n) is 5.58. The number of benzene rings is 2. The number of ketones is 1. The molecule has 176 valence electrons. The number of hydrogen-bond acceptors (Lipinski definition) is 7. The molecule has 8 nitrogen and oxygen atoms in total. The van der Waals surface area contributed by atoms with E-state index in [1.54, 1.807) is 30.3 Å². The molecule has 0 aliphatic carbocycles. The van der Waals surface area contributed by atoms with Crippen molar-refractivity contribution in [1.82, 2.24) is 4.90 Å². The average Bonchev–Trinajstić information content (AvgIpc) is 3.46. The van der Waals surface area contributed by atoms with E-state index in [-0.39, 0.29) is 17.7 Å². The number of amides is 1. The summed E-state index contributed by atoms with van der Waals surface area (Å²) in [5, 5.41) is 11.4. The summed E-state index contributed by atoms with van der Waals surface area (Å²) in [4.78, 5) is 27.8. The van der Waals surface area contributed by atoms with Gasteiger partial charge >= 0.3 is 0 Å². The summed E-state index contributed by atoms with van der Waals surface area (Å²) in [6.07, 6.45) is 1.45. The molecule has 1 atom stereocenters. The number of likely N-dealkylation sites (tertiary alicyclic amines) is 1. The number of carbonyl (C=O) groups excluding carboxylic acids is 2. The standard InChI is InChI=1S/C26H25NO7/c1-4-33-17-9-5-8-16(14-17)15-27-23(20-12-7-13-34-20)22(25(29)26(27)30)24(28)21-18(31-2)10-6-11-19(21)32-3/h5-14,23,28H,4,15H2,1-3H3/b24-22+. The van der Waals surface area contributed by atoms with E-state index in [1.807, 2.05) is 31.2 Å². The van der Waals surface area contributed by atoms with Crippen LogP contribution >= 0.6 is 0 Å². The molecule has 0 spiro atoms. The van der Waals surface area contributed by atoms with Gasteiger partial charge in [0.1, 0.15) is 40.4 Å². The molecule has 34 heavy (non-hydrogen) atoms. The number of aliphatic hydroxyl groups excluding tert-OH is 1. The van der Waals surface area contributed by atoms with Crippen LogP contribution in [0.4, 0.5) is 0 Å². The first kappa shape index (κ1) is 23.0. The van der Waals surface area contributed by atoms with E-state index >= 15 is 0 Å². The molecule has 1 amide bonds. The van der Waals surface area contributed by atoms with Crippen LogP contribution in [0.5, 0.6) is 17.2 Å². The second-order valence-electron chi connectivity index (χ2n) is 7.56. The highest BCUT2D eigenvalue weighted by molar-refractivity contribution is 6.46. The van der Waals surface area contributed by atoms with E-state index in [4.69, 9.17) is 18.6 Å². The summed E-state index contributed by atoms with van der Waals surface area (Å²) in [5.74, 6) is -0.386. The molecule has 1 aliphatic rings. The maximum Gasteiger partial charge on any atom is 0.296 e. The number of Topliss-reactive ketones (excluding diaryl/α,β-unsaturated/α-hetero) is 1. The molecule has 8 heteroatoms. The quantitative estimate of drug-likeness (QED) is 0.302. The van der Waals surface area contributed by atoms with Crippen LogP contribution in [0.2, 0.25) is 0 Å². The Morgan fingerprint density at radius 2 is 1.74 bits per heavy atom. The van der Waals surface area contributed by atoms with Crippen molar-refractivity contribution in [3.8, 4) is 17.2 Å². The lowest BCUT2D eigenvalue weighted by atomic mass is 9.98. The van der Waals surface area contributed by atoms with Gasteiger partial charge in [0.05, 0.1) is 32.7 Å². The summed E-state index contributed by atoms with van der Waals surface area (Å²) in [7, 11) is 2.89. The summed E-state index contributed by atoms with van der Waals surface area (Å²) in [5.41, 5.74) is 0.836. The largest absolute Gasteiger partial charge is 0.506 e. The van der Waals surface area contributed by atoms with E-state index in [0.29, 0.717) is 29.6 Å². The first-order chi connectivity index (χ1) is 16.5. The minimum Gasteiger partial charge on any atom is -0.506 e. The highest BCUT2D eigenvalue weighted by Gasteiger charge is 2.48. The van der Waals surface area contributed by atoms with Gasteiger partial charge in [-0.05, 0) is 48.9 Å². The smallest absolute Gasteiger partial charge is 0.296 e. The van der Waals surface area contributed by atoms with Gasteiger partial charge in [0.25, 0.3) is 11.7 Å². The summed E-state index contributed by atoms with van der Waals surface area (Å²) in [6.45, 7) is 2.49. The number of carbonyl (C=O) groups is 2. The van der Waals surface area contributed by atoms with Gasteiger partial charge < -0.3 is 28.6 Å². The molecule has 3 aromatic rings. The first-order valence-electron chi connectivity index (χ1n) is 10.7. The molecule has 1 N–H and O–H groups in total. The molecule has 1 aliphatic heterocycles. The van der Waals surface area contributed by atoms with E-state index in [1.165, 1.54) is 25.4 Å². The molecule has 4 rings (SSSR count). The first-order valence-corrected chi connectivity index (χ1v) is 10.7. The maximum atomic E-state index is 13.2. The number of methoxy groups -OCH3 is 2. The fraction of sp³-hybridized carbons (Fsp3) is 0.231. The minimum atomic E-state index is -0.944. The normalized spacial score (nSPS) is 17.1. The average molecular weight is 463 g/mol. The zero-order chi connectivity index (χ0) is 24.2. The van der Waals surface area contributed by atoms with Crippen LogP contribution in [-0.4, -0.2) is 42.5 Å². The lowest BCUT2D eigenvalue weighted by Gasteiger charge is -2.24. The fourth-order valence-electron chi connectivity index (χ4n) is 4.10. The third kappa shape index (κ3) is 4.10. The molecule has 2 heterocycles. The molecular weight excluding hydrogens is 438 g/mol. The molecule has 0 radical (unpaired) electrons. The molecule has 2 aromatic carbocycles. The van der Waals surface area contributed by atoms with Crippen molar-refractivity contribution in [3.63, 3.8) is 0 Å². The Morgan fingerprint density at radius 3 is 2.35 bits per heavy atom. The highest BCUT2D eigenvalue weighted by atomic mass is 16.5. The SMILES string of the molecule is CCOc1cccc(CN2C(=O)C(=O)/C(=C(/O)c3c(OC)cccc3OC)C2c2ccco2)c1. The van der Waals surface area contributed by atoms with Gasteiger partial charge in [0.15, 0.2) is 0 Å². The summed E-state index contributed by atoms with van der Waals surface area (Å²) >= 11 is 0. The molecule has 1 aromatic heterocycles. The van der Waals surface area contributed by atoms with Gasteiger partial charge in [0.2, 0.25) is 0 Å². The number of aliphatic hydroxyl groups is 1. The van der Waals surface area contributed by atoms with E-state index in [0.717, 1.165) is 5.56 Å². The number of ether oxygens (including phenoxy) is 3. The Hall–Kier alpha value is -4.20. The molecule has 1 fully saturated rings. The number of furan rings is 1. The van der Waals surface area contributed by atoms with Crippen LogP contribution in [0.1, 0.15) is 29.9 Å². The predicted octanol–water partition coefficient (Wildman–Crippen LogP) is 4.32. The Balaban J connectivity index is 1.85. The second kappa shape index (κ2) is 9.74. The highest BCUT2D eigenvalue weighted by Crippen LogP contribution is 2.44. The van der Waals surface area contributed by atoms with Gasteiger partial charge in [-0.1, -0.05) is 18.2 Å². The summed E-state index contributed by atoms with van der Waals surface area (Å²) in [6, 6.07) is 14.6. The van der Waals surface area contributed by atoms with Gasteiger partial charge in [-0.2, -0.15) is 0 Å². The van der Waals surface area contributed by atoms with E-state index in [9.17, 15) is 14.7 Å². The van der Waals surface area contributed by atoms with Crippen LogP contribution < -0.4 is 14.2 Å². The topological polar surface area (TPSA) is 98.4 Å². The summed E-state index contributed by atoms with van der Waals surface area (Å²) < 4.78 is 21.9. The minimum absolute atomic E-state index is 0.108. The Morgan fingerprint density at radius 1 is 1.03 bits per heavy atom. The lowest BCUT2D eigenvalue weighted by Crippen LogP contribution is -2.29. The van der Waals surface area contributed by atoms with Gasteiger partial charge in [-0.25, -0.2) is 0 Å². The van der Waals surface area contributed by atoms with Crippen LogP contribution in [0.25, 0.3) is 5.76 Å². The zero-order valence-corrected chi connectivity index (χ0v) is 19.1. The second-order valence-corrected chi connectivity index (χ2v) is 7.56. The van der Waals surface area contributed by atoms with Crippen LogP contribution in [0.15, 0.2) is 70.9 Å². The lowest BCUT2D eigenvalue weighted by molar-refractivity contribution is -0.140. The van der Waals surface area contributed by atoms with Crippen molar-refractivity contribution in [1.29, 1.82) is 0 Å². The van der Waals surface area contributed by atoms with Crippen molar-refractivity contribution in [3.05, 3.63) is 83.3 Å². The number of rotatable bonds is 8. The molecule has 1 unspecified atom stereocenters.